The first-order valence-electron chi connectivity index (χ1n) is 7.59. The molecule has 21 heavy (non-hydrogen) atoms. The van der Waals surface area contributed by atoms with Crippen molar-refractivity contribution in [2.45, 2.75) is 25.2 Å². The van der Waals surface area contributed by atoms with Crippen molar-refractivity contribution in [3.05, 3.63) is 29.8 Å². The number of guanidine groups is 1. The Labute approximate surface area is 125 Å². The van der Waals surface area contributed by atoms with E-state index in [9.17, 15) is 4.79 Å². The highest BCUT2D eigenvalue weighted by atomic mass is 16.1. The number of carbonyl (C=O) groups is 1. The Morgan fingerprint density at radius 2 is 2.05 bits per heavy atom. The second-order valence-corrected chi connectivity index (χ2v) is 5.81. The number of nitrogens with one attached hydrogen (secondary N) is 3. The predicted octanol–water partition coefficient (Wildman–Crippen LogP) is 1.69. The summed E-state index contributed by atoms with van der Waals surface area (Å²) in [5.41, 5.74) is 2.13. The van der Waals surface area contributed by atoms with Crippen molar-refractivity contribution >= 4 is 17.6 Å². The second kappa shape index (κ2) is 6.16. The van der Waals surface area contributed by atoms with Crippen LogP contribution in [0.25, 0.3) is 0 Å². The summed E-state index contributed by atoms with van der Waals surface area (Å²) < 4.78 is 0. The molecule has 1 fully saturated rings. The van der Waals surface area contributed by atoms with E-state index in [-0.39, 0.29) is 11.8 Å². The van der Waals surface area contributed by atoms with Gasteiger partial charge in [0.2, 0.25) is 5.91 Å². The van der Waals surface area contributed by atoms with Crippen molar-refractivity contribution in [3.63, 3.8) is 0 Å². The fraction of sp³-hybridized carbons (Fsp3) is 0.500. The third kappa shape index (κ3) is 3.54. The molecular weight excluding hydrogens is 264 g/mol. The highest BCUT2D eigenvalue weighted by molar-refractivity contribution is 5.94. The van der Waals surface area contributed by atoms with Crippen LogP contribution in [-0.4, -0.2) is 32.0 Å². The summed E-state index contributed by atoms with van der Waals surface area (Å²) in [6.45, 7) is 1.70. The third-order valence-corrected chi connectivity index (χ3v) is 4.10. The van der Waals surface area contributed by atoms with Crippen LogP contribution < -0.4 is 16.0 Å². The molecule has 0 spiro atoms. The molecular formula is C16H22N4O. The molecule has 0 aromatic heterocycles. The van der Waals surface area contributed by atoms with E-state index in [1.165, 1.54) is 18.4 Å². The van der Waals surface area contributed by atoms with E-state index in [1.54, 1.807) is 7.05 Å². The summed E-state index contributed by atoms with van der Waals surface area (Å²) in [6, 6.07) is 8.01. The topological polar surface area (TPSA) is 65.5 Å². The first kappa shape index (κ1) is 13.9. The number of nitrogens with zero attached hydrogens (tertiary/aromatic N) is 1. The van der Waals surface area contributed by atoms with Gasteiger partial charge in [-0.15, -0.1) is 0 Å². The van der Waals surface area contributed by atoms with Crippen LogP contribution in [0.15, 0.2) is 29.3 Å². The maximum atomic E-state index is 11.8. The van der Waals surface area contributed by atoms with Crippen molar-refractivity contribution in [3.8, 4) is 0 Å². The first-order valence-corrected chi connectivity index (χ1v) is 7.59. The molecule has 5 heteroatoms. The highest BCUT2D eigenvalue weighted by Crippen LogP contribution is 2.31. The molecule has 3 rings (SSSR count). The number of hydrogen-bond donors (Lipinski definition) is 3. The molecule has 5 nitrogen and oxygen atoms in total. The van der Waals surface area contributed by atoms with E-state index in [0.29, 0.717) is 6.42 Å². The smallest absolute Gasteiger partial charge is 0.225 e. The average Bonchev–Trinajstić information content (AvgIpc) is 3.31. The van der Waals surface area contributed by atoms with Gasteiger partial charge in [-0.05, 0) is 30.4 Å². The lowest BCUT2D eigenvalue weighted by Gasteiger charge is -2.26. The second-order valence-electron chi connectivity index (χ2n) is 5.81. The standard InChI is InChI=1S/C16H22N4O/c1-17-16(18-9-11-6-7-11)19-10-12-8-15(21)20-14-5-3-2-4-13(12)14/h2-5,11-12H,6-10H2,1H3,(H,20,21)(H2,17,18,19). The van der Waals surface area contributed by atoms with Crippen molar-refractivity contribution in [2.24, 2.45) is 10.9 Å². The van der Waals surface area contributed by atoms with Crippen LogP contribution in [0.3, 0.4) is 0 Å². The van der Waals surface area contributed by atoms with Gasteiger partial charge < -0.3 is 16.0 Å². The zero-order valence-corrected chi connectivity index (χ0v) is 12.4. The molecule has 0 saturated heterocycles. The van der Waals surface area contributed by atoms with Gasteiger partial charge in [0.05, 0.1) is 0 Å². The first-order chi connectivity index (χ1) is 10.3. The monoisotopic (exact) mass is 286 g/mol. The summed E-state index contributed by atoms with van der Waals surface area (Å²) in [4.78, 5) is 16.0. The van der Waals surface area contributed by atoms with Crippen LogP contribution in [0, 0.1) is 5.92 Å². The Balaban J connectivity index is 1.60. The molecule has 2 aliphatic rings. The van der Waals surface area contributed by atoms with Crippen LogP contribution in [0.5, 0.6) is 0 Å². The summed E-state index contributed by atoms with van der Waals surface area (Å²) in [7, 11) is 1.78. The number of fused-ring (bicyclic) bond motifs is 1. The SMILES string of the molecule is CN=C(NCC1CC1)NCC1CC(=O)Nc2ccccc21. The molecule has 1 amide bonds. The number of aliphatic imine (C=N–C) groups is 1. The lowest BCUT2D eigenvalue weighted by atomic mass is 9.90. The Morgan fingerprint density at radius 3 is 2.81 bits per heavy atom. The van der Waals surface area contributed by atoms with Crippen molar-refractivity contribution in [1.82, 2.24) is 10.6 Å². The molecule has 1 saturated carbocycles. The Morgan fingerprint density at radius 1 is 1.29 bits per heavy atom. The number of anilines is 1. The van der Waals surface area contributed by atoms with Gasteiger partial charge in [0.15, 0.2) is 5.96 Å². The lowest BCUT2D eigenvalue weighted by molar-refractivity contribution is -0.116. The number of carbonyl (C=O) groups excluding carboxylic acids is 1. The predicted molar refractivity (Wildman–Crippen MR) is 84.5 cm³/mol. The zero-order valence-electron chi connectivity index (χ0n) is 12.4. The van der Waals surface area contributed by atoms with E-state index >= 15 is 0 Å². The van der Waals surface area contributed by atoms with Crippen LogP contribution in [0.4, 0.5) is 5.69 Å². The minimum atomic E-state index is 0.0847. The molecule has 0 radical (unpaired) electrons. The maximum Gasteiger partial charge on any atom is 0.225 e. The number of rotatable bonds is 4. The number of para-hydroxylation sites is 1. The Bertz CT molecular complexity index is 551. The molecule has 1 aliphatic heterocycles. The third-order valence-electron chi connectivity index (χ3n) is 4.10. The minimum Gasteiger partial charge on any atom is -0.356 e. The van der Waals surface area contributed by atoms with Crippen LogP contribution in [0.1, 0.15) is 30.7 Å². The lowest BCUT2D eigenvalue weighted by Crippen LogP contribution is -2.41. The summed E-state index contributed by atoms with van der Waals surface area (Å²) in [5.74, 6) is 1.91. The average molecular weight is 286 g/mol. The largest absolute Gasteiger partial charge is 0.356 e. The molecule has 1 heterocycles. The van der Waals surface area contributed by atoms with E-state index in [2.05, 4.69) is 27.0 Å². The van der Waals surface area contributed by atoms with E-state index < -0.39 is 0 Å². The molecule has 1 aliphatic carbocycles. The van der Waals surface area contributed by atoms with Gasteiger partial charge >= 0.3 is 0 Å². The maximum absolute atomic E-state index is 11.8. The van der Waals surface area contributed by atoms with Gasteiger partial charge in [-0.3, -0.25) is 9.79 Å². The van der Waals surface area contributed by atoms with Gasteiger partial charge in [0, 0.05) is 38.2 Å². The fourth-order valence-corrected chi connectivity index (χ4v) is 2.69. The van der Waals surface area contributed by atoms with E-state index in [4.69, 9.17) is 0 Å². The van der Waals surface area contributed by atoms with Crippen LogP contribution in [0.2, 0.25) is 0 Å². The fourth-order valence-electron chi connectivity index (χ4n) is 2.69. The quantitative estimate of drug-likeness (QED) is 0.583. The molecule has 112 valence electrons. The normalized spacial score (nSPS) is 21.5. The van der Waals surface area contributed by atoms with Crippen LogP contribution >= 0.6 is 0 Å². The molecule has 3 N–H and O–H groups in total. The van der Waals surface area contributed by atoms with Gasteiger partial charge in [0.25, 0.3) is 0 Å². The van der Waals surface area contributed by atoms with Gasteiger partial charge in [-0.2, -0.15) is 0 Å². The Hall–Kier alpha value is -2.04. The van der Waals surface area contributed by atoms with Crippen LogP contribution in [-0.2, 0) is 4.79 Å². The summed E-state index contributed by atoms with van der Waals surface area (Å²) in [6.07, 6.45) is 3.16. The molecule has 1 atom stereocenters. The zero-order chi connectivity index (χ0) is 14.7. The summed E-state index contributed by atoms with van der Waals surface area (Å²) in [5, 5.41) is 9.61. The molecule has 1 unspecified atom stereocenters. The number of benzene rings is 1. The molecule has 0 bridgehead atoms. The van der Waals surface area contributed by atoms with Gasteiger partial charge in [0.1, 0.15) is 0 Å². The Kier molecular flexibility index (Phi) is 4.08. The van der Waals surface area contributed by atoms with Crippen molar-refractivity contribution in [2.75, 3.05) is 25.5 Å². The number of hydrogen-bond acceptors (Lipinski definition) is 2. The minimum absolute atomic E-state index is 0.0847. The van der Waals surface area contributed by atoms with Crippen molar-refractivity contribution < 1.29 is 4.79 Å². The highest BCUT2D eigenvalue weighted by Gasteiger charge is 2.25. The molecule has 1 aromatic rings. The molecule has 1 aromatic carbocycles. The van der Waals surface area contributed by atoms with E-state index in [0.717, 1.165) is 30.7 Å². The van der Waals surface area contributed by atoms with E-state index in [1.807, 2.05) is 18.2 Å². The summed E-state index contributed by atoms with van der Waals surface area (Å²) >= 11 is 0. The number of amides is 1. The van der Waals surface area contributed by atoms with Gasteiger partial charge in [-0.25, -0.2) is 0 Å². The van der Waals surface area contributed by atoms with Gasteiger partial charge in [-0.1, -0.05) is 18.2 Å². The van der Waals surface area contributed by atoms with Crippen molar-refractivity contribution in [1.29, 1.82) is 0 Å².